The number of nitrogens with zero attached hydrogens (tertiary/aromatic N) is 1. The van der Waals surface area contributed by atoms with Gasteiger partial charge in [0.1, 0.15) is 6.54 Å². The van der Waals surface area contributed by atoms with Crippen molar-refractivity contribution in [2.45, 2.75) is 109 Å². The van der Waals surface area contributed by atoms with Crippen molar-refractivity contribution in [3.8, 4) is 0 Å². The molecule has 1 unspecified atom stereocenters. The maximum Gasteiger partial charge on any atom is 0.306 e. The third-order valence-electron chi connectivity index (χ3n) is 5.21. The fraction of sp³-hybridized carbons (Fsp3) is 0.913. The minimum Gasteiger partial charge on any atom is -0.481 e. The molecule has 5 heteroatoms. The number of quaternary nitrogens is 1. The van der Waals surface area contributed by atoms with Crippen molar-refractivity contribution in [1.82, 2.24) is 0 Å². The summed E-state index contributed by atoms with van der Waals surface area (Å²) in [5.41, 5.74) is -1.76. The van der Waals surface area contributed by atoms with Gasteiger partial charge in [-0.25, -0.2) is 0 Å². The summed E-state index contributed by atoms with van der Waals surface area (Å²) in [6.07, 6.45) is 15.8. The van der Waals surface area contributed by atoms with Crippen molar-refractivity contribution in [2.24, 2.45) is 0 Å². The molecule has 0 amide bonds. The average Bonchev–Trinajstić information content (AvgIpc) is 2.56. The normalized spacial score (nSPS) is 14.0. The summed E-state index contributed by atoms with van der Waals surface area (Å²) in [5.74, 6) is -1.46. The topological polar surface area (TPSA) is 74.6 Å². The Morgan fingerprint density at radius 2 is 1.14 bits per heavy atom. The first-order chi connectivity index (χ1) is 13.1. The lowest BCUT2D eigenvalue weighted by Crippen LogP contribution is -2.54. The maximum absolute atomic E-state index is 12.5. The standard InChI is InChI=1S/C23H45NO4/c1-5-6-7-8-9-10-11-12-13-14-15-16-17-18-21(25)23(28,19-22(26)27)20-24(2,3)4/h28H,5-20H2,1-4H3/p+1. The predicted molar refractivity (Wildman–Crippen MR) is 115 cm³/mol. The minimum atomic E-state index is -1.76. The number of carboxylic acids is 1. The van der Waals surface area contributed by atoms with Crippen LogP contribution < -0.4 is 0 Å². The lowest BCUT2D eigenvalue weighted by Gasteiger charge is -2.33. The van der Waals surface area contributed by atoms with E-state index in [0.717, 1.165) is 19.3 Å². The van der Waals surface area contributed by atoms with Crippen LogP contribution in [-0.4, -0.2) is 59.7 Å². The van der Waals surface area contributed by atoms with Gasteiger partial charge in [0.15, 0.2) is 11.4 Å². The van der Waals surface area contributed by atoms with E-state index in [2.05, 4.69) is 6.92 Å². The number of likely N-dealkylation sites (N-methyl/N-ethyl adjacent to an activating group) is 1. The number of ketones is 1. The second-order valence-corrected chi connectivity index (χ2v) is 9.47. The molecule has 0 aromatic rings. The molecule has 0 rings (SSSR count). The van der Waals surface area contributed by atoms with Gasteiger partial charge in [-0.15, -0.1) is 0 Å². The Bertz CT molecular complexity index is 431. The Kier molecular flexibility index (Phi) is 14.5. The molecule has 0 aliphatic heterocycles. The molecule has 1 atom stereocenters. The SMILES string of the molecule is CCCCCCCCCCCCCCCC(=O)C(O)(CC(=O)O)C[N+](C)(C)C. The Morgan fingerprint density at radius 3 is 1.50 bits per heavy atom. The largest absolute Gasteiger partial charge is 0.481 e. The molecular formula is C23H46NO4+. The first-order valence-corrected chi connectivity index (χ1v) is 11.4. The van der Waals surface area contributed by atoms with Gasteiger partial charge < -0.3 is 14.7 Å². The van der Waals surface area contributed by atoms with Crippen molar-refractivity contribution in [1.29, 1.82) is 0 Å². The molecule has 2 N–H and O–H groups in total. The van der Waals surface area contributed by atoms with Crippen molar-refractivity contribution < 1.29 is 24.3 Å². The molecule has 0 aromatic heterocycles. The maximum atomic E-state index is 12.5. The number of aliphatic carboxylic acids is 1. The molecule has 0 radical (unpaired) electrons. The van der Waals surface area contributed by atoms with Gasteiger partial charge in [-0.3, -0.25) is 9.59 Å². The first-order valence-electron chi connectivity index (χ1n) is 11.4. The van der Waals surface area contributed by atoms with Crippen LogP contribution in [0.2, 0.25) is 0 Å². The highest BCUT2D eigenvalue weighted by atomic mass is 16.4. The zero-order valence-corrected chi connectivity index (χ0v) is 19.0. The number of unbranched alkanes of at least 4 members (excludes halogenated alkanes) is 12. The Labute approximate surface area is 173 Å². The molecule has 0 aromatic carbocycles. The Morgan fingerprint density at radius 1 is 0.750 bits per heavy atom. The lowest BCUT2D eigenvalue weighted by molar-refractivity contribution is -0.875. The van der Waals surface area contributed by atoms with E-state index in [4.69, 9.17) is 5.11 Å². The van der Waals surface area contributed by atoms with Crippen LogP contribution in [0.15, 0.2) is 0 Å². The van der Waals surface area contributed by atoms with Gasteiger partial charge in [0.05, 0.1) is 27.6 Å². The van der Waals surface area contributed by atoms with Crippen LogP contribution in [0.3, 0.4) is 0 Å². The number of Topliss-reactive ketones (excluding diaryl/α,β-unsaturated/α-hetero) is 1. The second-order valence-electron chi connectivity index (χ2n) is 9.47. The van der Waals surface area contributed by atoms with Crippen molar-refractivity contribution in [3.05, 3.63) is 0 Å². The van der Waals surface area contributed by atoms with E-state index >= 15 is 0 Å². The van der Waals surface area contributed by atoms with E-state index in [1.165, 1.54) is 64.2 Å². The van der Waals surface area contributed by atoms with Crippen LogP contribution in [0.1, 0.15) is 103 Å². The van der Waals surface area contributed by atoms with E-state index in [1.807, 2.05) is 21.1 Å². The summed E-state index contributed by atoms with van der Waals surface area (Å²) in [7, 11) is 5.56. The Balaban J connectivity index is 3.85. The van der Waals surface area contributed by atoms with Crippen molar-refractivity contribution in [3.63, 3.8) is 0 Å². The van der Waals surface area contributed by atoms with Gasteiger partial charge >= 0.3 is 5.97 Å². The van der Waals surface area contributed by atoms with Crippen LogP contribution in [0.5, 0.6) is 0 Å². The summed E-state index contributed by atoms with van der Waals surface area (Å²) in [4.78, 5) is 23.5. The molecule has 0 saturated heterocycles. The van der Waals surface area contributed by atoms with Gasteiger partial charge in [-0.05, 0) is 6.42 Å². The van der Waals surface area contributed by atoms with Gasteiger partial charge in [0, 0.05) is 6.42 Å². The quantitative estimate of drug-likeness (QED) is 0.238. The van der Waals surface area contributed by atoms with E-state index in [0.29, 0.717) is 4.48 Å². The number of carbonyl (C=O) groups excluding carboxylic acids is 1. The molecule has 0 heterocycles. The van der Waals surface area contributed by atoms with E-state index in [9.17, 15) is 14.7 Å². The summed E-state index contributed by atoms with van der Waals surface area (Å²) < 4.78 is 0.355. The first kappa shape index (κ1) is 27.1. The minimum absolute atomic E-state index is 0.122. The summed E-state index contributed by atoms with van der Waals surface area (Å²) in [6.45, 7) is 2.37. The number of rotatable bonds is 19. The molecule has 0 fully saturated rings. The molecule has 0 spiro atoms. The van der Waals surface area contributed by atoms with Crippen LogP contribution >= 0.6 is 0 Å². The molecule has 0 saturated carbocycles. The van der Waals surface area contributed by atoms with Crippen molar-refractivity contribution in [2.75, 3.05) is 27.7 Å². The average molecular weight is 401 g/mol. The molecule has 166 valence electrons. The van der Waals surface area contributed by atoms with Crippen LogP contribution in [0.25, 0.3) is 0 Å². The monoisotopic (exact) mass is 400 g/mol. The highest BCUT2D eigenvalue weighted by molar-refractivity contribution is 5.90. The zero-order chi connectivity index (χ0) is 21.5. The van der Waals surface area contributed by atoms with E-state index in [1.54, 1.807) is 0 Å². The number of aliphatic hydroxyl groups is 1. The molecular weight excluding hydrogens is 354 g/mol. The predicted octanol–water partition coefficient (Wildman–Crippen LogP) is 4.95. The number of carbonyl (C=O) groups is 2. The highest BCUT2D eigenvalue weighted by Gasteiger charge is 2.42. The molecule has 0 aliphatic carbocycles. The van der Waals surface area contributed by atoms with Gasteiger partial charge in [0.25, 0.3) is 0 Å². The van der Waals surface area contributed by atoms with Crippen LogP contribution in [-0.2, 0) is 9.59 Å². The summed E-state index contributed by atoms with van der Waals surface area (Å²) in [6, 6.07) is 0. The molecule has 5 nitrogen and oxygen atoms in total. The van der Waals surface area contributed by atoms with Crippen LogP contribution in [0, 0.1) is 0 Å². The van der Waals surface area contributed by atoms with Gasteiger partial charge in [-0.1, -0.05) is 84.0 Å². The van der Waals surface area contributed by atoms with E-state index in [-0.39, 0.29) is 18.7 Å². The number of hydrogen-bond acceptors (Lipinski definition) is 3. The number of hydrogen-bond donors (Lipinski definition) is 2. The van der Waals surface area contributed by atoms with Gasteiger partial charge in [-0.2, -0.15) is 0 Å². The zero-order valence-electron chi connectivity index (χ0n) is 19.0. The third-order valence-corrected chi connectivity index (χ3v) is 5.21. The smallest absolute Gasteiger partial charge is 0.306 e. The van der Waals surface area contributed by atoms with E-state index < -0.39 is 18.0 Å². The molecule has 28 heavy (non-hydrogen) atoms. The summed E-state index contributed by atoms with van der Waals surface area (Å²) in [5, 5.41) is 19.7. The number of carboxylic acid groups (broad SMARTS) is 1. The van der Waals surface area contributed by atoms with Crippen LogP contribution in [0.4, 0.5) is 0 Å². The second kappa shape index (κ2) is 15.0. The fourth-order valence-corrected chi connectivity index (χ4v) is 3.81. The lowest BCUT2D eigenvalue weighted by atomic mass is 9.89. The highest BCUT2D eigenvalue weighted by Crippen LogP contribution is 2.20. The molecule has 0 bridgehead atoms. The van der Waals surface area contributed by atoms with Crippen molar-refractivity contribution >= 4 is 11.8 Å². The molecule has 0 aliphatic rings. The van der Waals surface area contributed by atoms with Gasteiger partial charge in [0.2, 0.25) is 0 Å². The fourth-order valence-electron chi connectivity index (χ4n) is 3.81. The third kappa shape index (κ3) is 15.0. The summed E-state index contributed by atoms with van der Waals surface area (Å²) >= 11 is 0. The Hall–Kier alpha value is -0.940.